The van der Waals surface area contributed by atoms with E-state index in [9.17, 15) is 18.0 Å². The van der Waals surface area contributed by atoms with Gasteiger partial charge in [-0.15, -0.1) is 6.58 Å². The molecular formula is C15H20N2O4S. The summed E-state index contributed by atoms with van der Waals surface area (Å²) < 4.78 is 24.2. The number of nitrogens with zero attached hydrogens (tertiary/aromatic N) is 1. The number of hydrogen-bond donors (Lipinski definition) is 1. The molecule has 0 aliphatic rings. The molecule has 1 aromatic carbocycles. The van der Waals surface area contributed by atoms with Crippen LogP contribution in [-0.2, 0) is 14.8 Å². The third-order valence-electron chi connectivity index (χ3n) is 2.94. The van der Waals surface area contributed by atoms with E-state index < -0.39 is 10.0 Å². The van der Waals surface area contributed by atoms with E-state index in [-0.39, 0.29) is 31.2 Å². The predicted octanol–water partition coefficient (Wildman–Crippen LogP) is 1.67. The van der Waals surface area contributed by atoms with E-state index in [1.54, 1.807) is 24.3 Å². The lowest BCUT2D eigenvalue weighted by Gasteiger charge is -2.17. The number of nitrogens with one attached hydrogen (secondary N) is 1. The Morgan fingerprint density at radius 3 is 2.59 bits per heavy atom. The van der Waals surface area contributed by atoms with E-state index in [0.29, 0.717) is 11.3 Å². The number of ketones is 1. The Hall–Kier alpha value is -1.99. The summed E-state index contributed by atoms with van der Waals surface area (Å²) >= 11 is 0. The first kappa shape index (κ1) is 18.1. The fourth-order valence-corrected chi connectivity index (χ4v) is 2.60. The van der Waals surface area contributed by atoms with Crippen molar-refractivity contribution >= 4 is 27.4 Å². The number of carbonyl (C=O) groups excluding carboxylic acids is 2. The van der Waals surface area contributed by atoms with Gasteiger partial charge in [-0.1, -0.05) is 18.2 Å². The minimum absolute atomic E-state index is 0.0191. The van der Waals surface area contributed by atoms with Crippen molar-refractivity contribution in [1.29, 1.82) is 0 Å². The number of sulfonamides is 1. The highest BCUT2D eigenvalue weighted by molar-refractivity contribution is 7.88. The monoisotopic (exact) mass is 324 g/mol. The second kappa shape index (κ2) is 7.86. The van der Waals surface area contributed by atoms with Crippen LogP contribution in [0.3, 0.4) is 0 Å². The highest BCUT2D eigenvalue weighted by Crippen LogP contribution is 2.11. The molecule has 0 aliphatic carbocycles. The first-order chi connectivity index (χ1) is 10.2. The lowest BCUT2D eigenvalue weighted by atomic mass is 10.1. The van der Waals surface area contributed by atoms with Crippen molar-refractivity contribution in [3.63, 3.8) is 0 Å². The van der Waals surface area contributed by atoms with Gasteiger partial charge in [0.2, 0.25) is 15.9 Å². The Morgan fingerprint density at radius 2 is 2.05 bits per heavy atom. The molecule has 6 nitrogen and oxygen atoms in total. The number of amides is 1. The Labute approximate surface area is 130 Å². The zero-order chi connectivity index (χ0) is 16.8. The van der Waals surface area contributed by atoms with E-state index in [1.807, 2.05) is 0 Å². The average molecular weight is 324 g/mol. The summed E-state index contributed by atoms with van der Waals surface area (Å²) in [5, 5.41) is 2.65. The topological polar surface area (TPSA) is 83.6 Å². The van der Waals surface area contributed by atoms with Gasteiger partial charge in [0.1, 0.15) is 0 Å². The number of carbonyl (C=O) groups is 2. The van der Waals surface area contributed by atoms with Gasteiger partial charge in [0, 0.05) is 30.8 Å². The van der Waals surface area contributed by atoms with Gasteiger partial charge < -0.3 is 5.32 Å². The number of benzene rings is 1. The Morgan fingerprint density at radius 1 is 1.36 bits per heavy atom. The van der Waals surface area contributed by atoms with Crippen LogP contribution in [0.4, 0.5) is 5.69 Å². The molecule has 0 unspecified atom stereocenters. The van der Waals surface area contributed by atoms with Gasteiger partial charge in [-0.3, -0.25) is 9.59 Å². The highest BCUT2D eigenvalue weighted by Gasteiger charge is 2.16. The summed E-state index contributed by atoms with van der Waals surface area (Å²) in [5.74, 6) is -0.413. The van der Waals surface area contributed by atoms with Crippen molar-refractivity contribution in [2.24, 2.45) is 0 Å². The van der Waals surface area contributed by atoms with Crippen molar-refractivity contribution in [3.05, 3.63) is 42.5 Å². The SMILES string of the molecule is C=CCN(CCC(=O)Nc1cccc(C(C)=O)c1)S(C)(=O)=O. The van der Waals surface area contributed by atoms with Crippen LogP contribution in [0.15, 0.2) is 36.9 Å². The maximum absolute atomic E-state index is 11.9. The van der Waals surface area contributed by atoms with Gasteiger partial charge >= 0.3 is 0 Å². The van der Waals surface area contributed by atoms with E-state index in [1.165, 1.54) is 17.3 Å². The zero-order valence-corrected chi connectivity index (χ0v) is 13.5. The molecule has 0 atom stereocenters. The third-order valence-corrected chi connectivity index (χ3v) is 4.21. The summed E-state index contributed by atoms with van der Waals surface area (Å²) in [5.41, 5.74) is 1.01. The predicted molar refractivity (Wildman–Crippen MR) is 86.3 cm³/mol. The number of anilines is 1. The van der Waals surface area contributed by atoms with Crippen LogP contribution in [0.2, 0.25) is 0 Å². The third kappa shape index (κ3) is 5.79. The second-order valence-corrected chi connectivity index (χ2v) is 6.83. The molecule has 1 rings (SSSR count). The number of hydrogen-bond acceptors (Lipinski definition) is 4. The molecule has 0 radical (unpaired) electrons. The van der Waals surface area contributed by atoms with E-state index in [4.69, 9.17) is 0 Å². The smallest absolute Gasteiger partial charge is 0.225 e. The number of rotatable bonds is 8. The molecule has 0 spiro atoms. The van der Waals surface area contributed by atoms with Gasteiger partial charge in [0.05, 0.1) is 6.26 Å². The Kier molecular flexibility index (Phi) is 6.45. The Bertz CT molecular complexity index is 668. The van der Waals surface area contributed by atoms with Gasteiger partial charge in [0.15, 0.2) is 5.78 Å². The zero-order valence-electron chi connectivity index (χ0n) is 12.7. The summed E-state index contributed by atoms with van der Waals surface area (Å²) in [6.45, 7) is 5.17. The van der Waals surface area contributed by atoms with Crippen LogP contribution in [0.5, 0.6) is 0 Å². The Balaban J connectivity index is 2.64. The minimum atomic E-state index is -3.38. The normalized spacial score (nSPS) is 11.2. The van der Waals surface area contributed by atoms with Gasteiger partial charge in [-0.05, 0) is 19.1 Å². The van der Waals surface area contributed by atoms with E-state index >= 15 is 0 Å². The van der Waals surface area contributed by atoms with Crippen LogP contribution in [0.1, 0.15) is 23.7 Å². The molecular weight excluding hydrogens is 304 g/mol. The minimum Gasteiger partial charge on any atom is -0.326 e. The largest absolute Gasteiger partial charge is 0.326 e. The van der Waals surface area contributed by atoms with Gasteiger partial charge in [0.25, 0.3) is 0 Å². The molecule has 120 valence electrons. The van der Waals surface area contributed by atoms with Crippen LogP contribution in [0.25, 0.3) is 0 Å². The standard InChI is InChI=1S/C15H20N2O4S/c1-4-9-17(22(3,20)21)10-8-15(19)16-14-7-5-6-13(11-14)12(2)18/h4-7,11H,1,8-10H2,2-3H3,(H,16,19). The van der Waals surface area contributed by atoms with Crippen LogP contribution >= 0.6 is 0 Å². The lowest BCUT2D eigenvalue weighted by Crippen LogP contribution is -2.33. The van der Waals surface area contributed by atoms with Crippen LogP contribution in [0, 0.1) is 0 Å². The fraction of sp³-hybridized carbons (Fsp3) is 0.333. The van der Waals surface area contributed by atoms with E-state index in [0.717, 1.165) is 6.26 Å². The van der Waals surface area contributed by atoms with Gasteiger partial charge in [-0.25, -0.2) is 8.42 Å². The number of Topliss-reactive ketones (excluding diaryl/α,β-unsaturated/α-hetero) is 1. The van der Waals surface area contributed by atoms with Gasteiger partial charge in [-0.2, -0.15) is 4.31 Å². The summed E-state index contributed by atoms with van der Waals surface area (Å²) in [7, 11) is -3.38. The molecule has 7 heteroatoms. The molecule has 1 amide bonds. The van der Waals surface area contributed by atoms with Crippen LogP contribution in [-0.4, -0.2) is 43.8 Å². The molecule has 0 bridgehead atoms. The molecule has 0 saturated carbocycles. The van der Waals surface area contributed by atoms with Crippen molar-refractivity contribution in [3.8, 4) is 0 Å². The molecule has 0 fully saturated rings. The van der Waals surface area contributed by atoms with Crippen molar-refractivity contribution < 1.29 is 18.0 Å². The average Bonchev–Trinajstić information content (AvgIpc) is 2.42. The van der Waals surface area contributed by atoms with Crippen molar-refractivity contribution in [2.75, 3.05) is 24.7 Å². The molecule has 0 saturated heterocycles. The highest BCUT2D eigenvalue weighted by atomic mass is 32.2. The summed E-state index contributed by atoms with van der Waals surface area (Å²) in [4.78, 5) is 23.2. The molecule has 1 N–H and O–H groups in total. The molecule has 22 heavy (non-hydrogen) atoms. The maximum Gasteiger partial charge on any atom is 0.225 e. The first-order valence-corrected chi connectivity index (χ1v) is 8.55. The molecule has 0 aromatic heterocycles. The second-order valence-electron chi connectivity index (χ2n) is 4.84. The summed E-state index contributed by atoms with van der Waals surface area (Å²) in [6.07, 6.45) is 2.57. The van der Waals surface area contributed by atoms with Crippen molar-refractivity contribution in [2.45, 2.75) is 13.3 Å². The van der Waals surface area contributed by atoms with E-state index in [2.05, 4.69) is 11.9 Å². The van der Waals surface area contributed by atoms with Crippen molar-refractivity contribution in [1.82, 2.24) is 4.31 Å². The fourth-order valence-electron chi connectivity index (χ4n) is 1.80. The first-order valence-electron chi connectivity index (χ1n) is 6.71. The quantitative estimate of drug-likeness (QED) is 0.582. The lowest BCUT2D eigenvalue weighted by molar-refractivity contribution is -0.116. The molecule has 1 aromatic rings. The molecule has 0 aliphatic heterocycles. The maximum atomic E-state index is 11.9. The molecule has 0 heterocycles. The van der Waals surface area contributed by atoms with Crippen LogP contribution < -0.4 is 5.32 Å². The summed E-state index contributed by atoms with van der Waals surface area (Å²) in [6, 6.07) is 6.58.